The zero-order valence-electron chi connectivity index (χ0n) is 18.1. The van der Waals surface area contributed by atoms with E-state index in [9.17, 15) is 18.0 Å². The number of carbonyl (C=O) groups excluding carboxylic acids is 1. The Labute approximate surface area is 198 Å². The number of hydrogen-bond acceptors (Lipinski definition) is 5. The maximum Gasteiger partial charge on any atom is 0.471 e. The van der Waals surface area contributed by atoms with Crippen molar-refractivity contribution in [3.8, 4) is 0 Å². The van der Waals surface area contributed by atoms with E-state index in [0.717, 1.165) is 53.7 Å². The van der Waals surface area contributed by atoms with Crippen molar-refractivity contribution in [2.24, 2.45) is 22.6 Å². The quantitative estimate of drug-likeness (QED) is 0.517. The molecule has 0 spiro atoms. The lowest BCUT2D eigenvalue weighted by Crippen LogP contribution is -2.45. The van der Waals surface area contributed by atoms with Crippen LogP contribution in [0.5, 0.6) is 0 Å². The number of nitrogens with two attached hydrogens (primary N) is 1. The van der Waals surface area contributed by atoms with Crippen molar-refractivity contribution < 1.29 is 18.0 Å². The van der Waals surface area contributed by atoms with Crippen LogP contribution in [-0.4, -0.2) is 40.5 Å². The Kier molecular flexibility index (Phi) is 5.71. The summed E-state index contributed by atoms with van der Waals surface area (Å²) in [5, 5.41) is 7.24. The van der Waals surface area contributed by atoms with Crippen LogP contribution >= 0.6 is 11.6 Å². The second-order valence-corrected chi connectivity index (χ2v) is 9.32. The summed E-state index contributed by atoms with van der Waals surface area (Å²) in [7, 11) is 0. The predicted molar refractivity (Wildman–Crippen MR) is 124 cm³/mol. The number of rotatable bonds is 4. The van der Waals surface area contributed by atoms with Gasteiger partial charge in [-0.1, -0.05) is 23.7 Å². The minimum atomic E-state index is -4.85. The van der Waals surface area contributed by atoms with Gasteiger partial charge in [0, 0.05) is 24.3 Å². The highest BCUT2D eigenvalue weighted by atomic mass is 35.5. The van der Waals surface area contributed by atoms with Crippen molar-refractivity contribution in [2.45, 2.75) is 38.0 Å². The summed E-state index contributed by atoms with van der Waals surface area (Å²) in [6.07, 6.45) is 1.72. The highest BCUT2D eigenvalue weighted by Crippen LogP contribution is 2.39. The lowest BCUT2D eigenvalue weighted by atomic mass is 9.80. The minimum Gasteiger partial charge on any atom is -0.382 e. The Bertz CT molecular complexity index is 1210. The zero-order chi connectivity index (χ0) is 24.0. The van der Waals surface area contributed by atoms with Crippen LogP contribution in [0.1, 0.15) is 31.4 Å². The van der Waals surface area contributed by atoms with Gasteiger partial charge in [0.05, 0.1) is 21.9 Å². The summed E-state index contributed by atoms with van der Waals surface area (Å²) < 4.78 is 37.4. The van der Waals surface area contributed by atoms with Crippen LogP contribution in [0, 0.1) is 11.8 Å². The molecule has 5 N–H and O–H groups in total. The normalized spacial score (nSPS) is 24.8. The molecule has 5 rings (SSSR count). The fraction of sp³-hybridized carbons (Fsp3) is 0.391. The first kappa shape index (κ1) is 22.6. The Hall–Kier alpha value is -3.14. The molecule has 3 aliphatic rings. The molecule has 0 bridgehead atoms. The van der Waals surface area contributed by atoms with Gasteiger partial charge in [-0.05, 0) is 49.7 Å². The number of amides is 1. The average molecular weight is 493 g/mol. The van der Waals surface area contributed by atoms with Gasteiger partial charge >= 0.3 is 12.1 Å². The van der Waals surface area contributed by atoms with E-state index < -0.39 is 12.1 Å². The van der Waals surface area contributed by atoms with Gasteiger partial charge in [0.2, 0.25) is 0 Å². The van der Waals surface area contributed by atoms with Gasteiger partial charge in [-0.2, -0.15) is 13.2 Å². The largest absolute Gasteiger partial charge is 0.471 e. The van der Waals surface area contributed by atoms with Gasteiger partial charge in [0.1, 0.15) is 17.7 Å². The summed E-state index contributed by atoms with van der Waals surface area (Å²) >= 11 is 6.35. The first-order valence-electron chi connectivity index (χ1n) is 11.1. The van der Waals surface area contributed by atoms with Crippen molar-refractivity contribution in [1.29, 1.82) is 0 Å². The summed E-state index contributed by atoms with van der Waals surface area (Å²) in [6.45, 7) is 0.0386. The van der Waals surface area contributed by atoms with Crippen molar-refractivity contribution >= 4 is 39.9 Å². The van der Waals surface area contributed by atoms with E-state index >= 15 is 0 Å². The fourth-order valence-corrected chi connectivity index (χ4v) is 5.31. The first-order valence-corrected chi connectivity index (χ1v) is 11.5. The SMILES string of the molecule is NC1=NC=CN2C1=C(c1cc3cccc(Cl)c3[nH]1)NC2C1CCC(CNC(=O)C(F)(F)F)CC1. The number of aliphatic imine (C=N–C) groups is 1. The molecule has 1 atom stereocenters. The molecule has 1 saturated carbocycles. The number of nitrogens with one attached hydrogen (secondary N) is 3. The number of nitrogens with zero attached hydrogens (tertiary/aromatic N) is 2. The van der Waals surface area contributed by atoms with E-state index in [1.807, 2.05) is 35.8 Å². The van der Waals surface area contributed by atoms with Gasteiger partial charge < -0.3 is 26.3 Å². The molecule has 180 valence electrons. The molecule has 34 heavy (non-hydrogen) atoms. The molecular formula is C23H24ClF3N6O. The lowest BCUT2D eigenvalue weighted by Gasteiger charge is -2.37. The number of fused-ring (bicyclic) bond motifs is 2. The van der Waals surface area contributed by atoms with Crippen molar-refractivity contribution in [3.05, 3.63) is 53.1 Å². The average Bonchev–Trinajstić information content (AvgIpc) is 3.41. The van der Waals surface area contributed by atoms with Crippen LogP contribution in [0.4, 0.5) is 13.2 Å². The highest BCUT2D eigenvalue weighted by molar-refractivity contribution is 6.35. The van der Waals surface area contributed by atoms with Gasteiger partial charge in [0.15, 0.2) is 0 Å². The Morgan fingerprint density at radius 3 is 2.74 bits per heavy atom. The molecule has 1 amide bonds. The Morgan fingerprint density at radius 2 is 2.03 bits per heavy atom. The molecule has 1 unspecified atom stereocenters. The van der Waals surface area contributed by atoms with E-state index in [2.05, 4.69) is 20.2 Å². The molecule has 3 heterocycles. The Balaban J connectivity index is 1.31. The van der Waals surface area contributed by atoms with E-state index in [1.54, 1.807) is 6.20 Å². The predicted octanol–water partition coefficient (Wildman–Crippen LogP) is 4.05. The van der Waals surface area contributed by atoms with E-state index in [1.165, 1.54) is 0 Å². The third-order valence-corrected chi connectivity index (χ3v) is 7.11. The molecule has 1 aliphatic carbocycles. The molecule has 2 aromatic rings. The van der Waals surface area contributed by atoms with Gasteiger partial charge in [-0.3, -0.25) is 4.79 Å². The summed E-state index contributed by atoms with van der Waals surface area (Å²) in [5.74, 6) is -1.21. The number of aromatic amines is 1. The molecule has 7 nitrogen and oxygen atoms in total. The van der Waals surface area contributed by atoms with Crippen LogP contribution < -0.4 is 16.4 Å². The fourth-order valence-electron chi connectivity index (χ4n) is 5.08. The van der Waals surface area contributed by atoms with Crippen molar-refractivity contribution in [3.63, 3.8) is 0 Å². The topological polar surface area (TPSA) is 98.5 Å². The molecule has 2 aliphatic heterocycles. The summed E-state index contributed by atoms with van der Waals surface area (Å²) in [4.78, 5) is 20.9. The third kappa shape index (κ3) is 4.11. The first-order chi connectivity index (χ1) is 16.2. The number of benzene rings is 1. The zero-order valence-corrected chi connectivity index (χ0v) is 18.9. The van der Waals surface area contributed by atoms with Crippen LogP contribution in [0.3, 0.4) is 0 Å². The summed E-state index contributed by atoms with van der Waals surface area (Å²) in [6, 6.07) is 7.72. The maximum absolute atomic E-state index is 12.5. The van der Waals surface area contributed by atoms with Gasteiger partial charge in [-0.25, -0.2) is 4.99 Å². The molecule has 1 fully saturated rings. The molecule has 0 radical (unpaired) electrons. The molecule has 11 heteroatoms. The third-order valence-electron chi connectivity index (χ3n) is 6.79. The second kappa shape index (κ2) is 8.57. The standard InChI is InChI=1S/C23H24ClF3N6O/c24-15-3-1-2-14-10-16(31-17(14)15)18-19-20(28)29-8-9-33(19)21(32-18)13-6-4-12(5-7-13)11-30-22(34)23(25,26)27/h1-3,8-10,12-13,21,31-32H,4-7,11H2,(H2,28,29)(H,30,34). The van der Waals surface area contributed by atoms with Gasteiger partial charge in [0.25, 0.3) is 0 Å². The number of amidine groups is 1. The van der Waals surface area contributed by atoms with E-state index in [-0.39, 0.29) is 24.5 Å². The highest BCUT2D eigenvalue weighted by Gasteiger charge is 2.41. The molecular weight excluding hydrogens is 469 g/mol. The van der Waals surface area contributed by atoms with Crippen molar-refractivity contribution in [1.82, 2.24) is 20.5 Å². The number of halogens is 4. The Morgan fingerprint density at radius 1 is 1.26 bits per heavy atom. The van der Waals surface area contributed by atoms with Crippen molar-refractivity contribution in [2.75, 3.05) is 6.54 Å². The number of para-hydroxylation sites is 1. The van der Waals surface area contributed by atoms with E-state index in [4.69, 9.17) is 17.3 Å². The van der Waals surface area contributed by atoms with Crippen LogP contribution in [-0.2, 0) is 4.79 Å². The number of alkyl halides is 3. The smallest absolute Gasteiger partial charge is 0.382 e. The molecule has 1 aromatic carbocycles. The van der Waals surface area contributed by atoms with Crippen LogP contribution in [0.15, 0.2) is 47.4 Å². The van der Waals surface area contributed by atoms with E-state index in [0.29, 0.717) is 10.9 Å². The minimum absolute atomic E-state index is 0.0234. The van der Waals surface area contributed by atoms with Crippen LogP contribution in [0.2, 0.25) is 5.02 Å². The second-order valence-electron chi connectivity index (χ2n) is 8.91. The molecule has 1 aromatic heterocycles. The lowest BCUT2D eigenvalue weighted by molar-refractivity contribution is -0.173. The monoisotopic (exact) mass is 492 g/mol. The summed E-state index contributed by atoms with van der Waals surface area (Å²) in [5.41, 5.74) is 9.59. The number of aromatic nitrogens is 1. The maximum atomic E-state index is 12.5. The number of H-pyrrole nitrogens is 1. The molecule has 0 saturated heterocycles. The van der Waals surface area contributed by atoms with Crippen LogP contribution in [0.25, 0.3) is 16.6 Å². The number of hydrogen-bond donors (Lipinski definition) is 4. The van der Waals surface area contributed by atoms with Gasteiger partial charge in [-0.15, -0.1) is 0 Å². The number of carbonyl (C=O) groups is 1.